The van der Waals surface area contributed by atoms with Crippen LogP contribution in [0, 0.1) is 0 Å². The summed E-state index contributed by atoms with van der Waals surface area (Å²) in [6.45, 7) is -0.0230. The van der Waals surface area contributed by atoms with Gasteiger partial charge in [0, 0.05) is 5.56 Å². The summed E-state index contributed by atoms with van der Waals surface area (Å²) in [5, 5.41) is 4.59. The Morgan fingerprint density at radius 2 is 1.47 bits per heavy atom. The molecule has 0 saturated carbocycles. The first-order chi connectivity index (χ1) is 17.5. The predicted molar refractivity (Wildman–Crippen MR) is 126 cm³/mol. The van der Waals surface area contributed by atoms with Crippen molar-refractivity contribution in [2.45, 2.75) is 6.61 Å². The third-order valence-corrected chi connectivity index (χ3v) is 5.21. The quantitative estimate of drug-likeness (QED) is 0.266. The summed E-state index contributed by atoms with van der Waals surface area (Å²) in [5.74, 6) is -1.36. The molecule has 10 nitrogen and oxygen atoms in total. The standard InChI is InChI=1S/C26H22N2O8/c1-32-24(29)20-14-13-17(36-20)15-35-19-12-8-7-11-18(19)22-21(25(30)33-2)23(26(31)34-3)28(27-22)16-9-5-4-6-10-16/h4-14H,15H2,1-3H3. The summed E-state index contributed by atoms with van der Waals surface area (Å²) < 4.78 is 27.3. The van der Waals surface area contributed by atoms with Crippen molar-refractivity contribution in [3.63, 3.8) is 0 Å². The number of nitrogens with zero attached hydrogens (tertiary/aromatic N) is 2. The second-order valence-electron chi connectivity index (χ2n) is 7.35. The summed E-state index contributed by atoms with van der Waals surface area (Å²) in [5.41, 5.74) is 0.969. The van der Waals surface area contributed by atoms with Crippen LogP contribution in [0.15, 0.2) is 71.1 Å². The summed E-state index contributed by atoms with van der Waals surface area (Å²) >= 11 is 0. The number of esters is 3. The summed E-state index contributed by atoms with van der Waals surface area (Å²) in [4.78, 5) is 37.3. The first-order valence-electron chi connectivity index (χ1n) is 10.7. The topological polar surface area (TPSA) is 119 Å². The maximum absolute atomic E-state index is 12.9. The summed E-state index contributed by atoms with van der Waals surface area (Å²) in [7, 11) is 3.69. The van der Waals surface area contributed by atoms with Crippen molar-refractivity contribution in [3.8, 4) is 22.7 Å². The van der Waals surface area contributed by atoms with Crippen LogP contribution in [0.2, 0.25) is 0 Å². The van der Waals surface area contributed by atoms with E-state index in [9.17, 15) is 14.4 Å². The van der Waals surface area contributed by atoms with E-state index in [1.165, 1.54) is 32.1 Å². The lowest BCUT2D eigenvalue weighted by Crippen LogP contribution is -2.15. The van der Waals surface area contributed by atoms with Crippen LogP contribution >= 0.6 is 0 Å². The largest absolute Gasteiger partial charge is 0.485 e. The zero-order valence-corrected chi connectivity index (χ0v) is 19.7. The van der Waals surface area contributed by atoms with Gasteiger partial charge in [-0.1, -0.05) is 30.3 Å². The van der Waals surface area contributed by atoms with Crippen LogP contribution in [0.3, 0.4) is 0 Å². The highest BCUT2D eigenvalue weighted by Gasteiger charge is 2.32. The van der Waals surface area contributed by atoms with Crippen LogP contribution in [0.4, 0.5) is 0 Å². The highest BCUT2D eigenvalue weighted by atomic mass is 16.5. The molecule has 0 N–H and O–H groups in total. The number of hydrogen-bond acceptors (Lipinski definition) is 9. The zero-order chi connectivity index (χ0) is 25.7. The van der Waals surface area contributed by atoms with Crippen LogP contribution < -0.4 is 4.74 Å². The average Bonchev–Trinajstić information content (AvgIpc) is 3.56. The summed E-state index contributed by atoms with van der Waals surface area (Å²) in [6, 6.07) is 18.8. The van der Waals surface area contributed by atoms with Gasteiger partial charge in [-0.05, 0) is 36.4 Å². The Morgan fingerprint density at radius 1 is 0.806 bits per heavy atom. The number of ether oxygens (including phenoxy) is 4. The highest BCUT2D eigenvalue weighted by molar-refractivity contribution is 6.07. The van der Waals surface area contributed by atoms with Crippen molar-refractivity contribution in [2.75, 3.05) is 21.3 Å². The molecule has 4 aromatic rings. The number of para-hydroxylation sites is 2. The van der Waals surface area contributed by atoms with Gasteiger partial charge in [0.05, 0.1) is 27.0 Å². The van der Waals surface area contributed by atoms with E-state index in [4.69, 9.17) is 18.6 Å². The molecule has 0 radical (unpaired) electrons. The van der Waals surface area contributed by atoms with Gasteiger partial charge in [0.1, 0.15) is 29.4 Å². The normalized spacial score (nSPS) is 10.5. The van der Waals surface area contributed by atoms with Crippen molar-refractivity contribution in [2.24, 2.45) is 0 Å². The molecule has 2 aromatic carbocycles. The molecule has 2 aromatic heterocycles. The smallest absolute Gasteiger partial charge is 0.373 e. The molecule has 184 valence electrons. The van der Waals surface area contributed by atoms with Crippen molar-refractivity contribution >= 4 is 17.9 Å². The van der Waals surface area contributed by atoms with E-state index in [2.05, 4.69) is 9.84 Å². The van der Waals surface area contributed by atoms with Gasteiger partial charge in [-0.2, -0.15) is 5.10 Å². The number of carbonyl (C=O) groups is 3. The molecule has 4 rings (SSSR count). The Labute approximate surface area is 205 Å². The Morgan fingerprint density at radius 3 is 2.17 bits per heavy atom. The highest BCUT2D eigenvalue weighted by Crippen LogP contribution is 2.35. The second-order valence-corrected chi connectivity index (χ2v) is 7.35. The van der Waals surface area contributed by atoms with E-state index in [0.717, 1.165) is 0 Å². The number of hydrogen-bond donors (Lipinski definition) is 0. The Balaban J connectivity index is 1.80. The molecule has 36 heavy (non-hydrogen) atoms. The Bertz CT molecular complexity index is 1400. The van der Waals surface area contributed by atoms with E-state index in [1.54, 1.807) is 54.6 Å². The molecule has 0 atom stereocenters. The molecule has 0 unspecified atom stereocenters. The van der Waals surface area contributed by atoms with Gasteiger partial charge in [0.25, 0.3) is 0 Å². The van der Waals surface area contributed by atoms with Gasteiger partial charge >= 0.3 is 17.9 Å². The van der Waals surface area contributed by atoms with Gasteiger partial charge < -0.3 is 23.4 Å². The number of benzene rings is 2. The zero-order valence-electron chi connectivity index (χ0n) is 19.7. The minimum Gasteiger partial charge on any atom is -0.485 e. The molecular formula is C26H22N2O8. The van der Waals surface area contributed by atoms with Crippen molar-refractivity contribution in [1.29, 1.82) is 0 Å². The van der Waals surface area contributed by atoms with Gasteiger partial charge in [-0.3, -0.25) is 0 Å². The average molecular weight is 490 g/mol. The monoisotopic (exact) mass is 490 g/mol. The second kappa shape index (κ2) is 10.6. The van der Waals surface area contributed by atoms with Crippen LogP contribution in [-0.2, 0) is 20.8 Å². The third-order valence-electron chi connectivity index (χ3n) is 5.21. The van der Waals surface area contributed by atoms with E-state index < -0.39 is 17.9 Å². The number of aromatic nitrogens is 2. The van der Waals surface area contributed by atoms with Gasteiger partial charge in [0.15, 0.2) is 5.69 Å². The van der Waals surface area contributed by atoms with Crippen LogP contribution in [-0.4, -0.2) is 49.0 Å². The maximum Gasteiger partial charge on any atom is 0.373 e. The van der Waals surface area contributed by atoms with E-state index in [-0.39, 0.29) is 29.3 Å². The lowest BCUT2D eigenvalue weighted by Gasteiger charge is -2.10. The lowest BCUT2D eigenvalue weighted by atomic mass is 10.0. The van der Waals surface area contributed by atoms with Gasteiger partial charge in [-0.25, -0.2) is 19.1 Å². The SMILES string of the molecule is COC(=O)c1ccc(COc2ccccc2-c2nn(-c3ccccc3)c(C(=O)OC)c2C(=O)OC)o1. The van der Waals surface area contributed by atoms with Crippen molar-refractivity contribution < 1.29 is 37.7 Å². The number of furan rings is 1. The first kappa shape index (κ1) is 24.3. The molecule has 0 bridgehead atoms. The summed E-state index contributed by atoms with van der Waals surface area (Å²) in [6.07, 6.45) is 0. The van der Waals surface area contributed by atoms with Gasteiger partial charge in [0.2, 0.25) is 5.76 Å². The molecule has 0 saturated heterocycles. The number of rotatable bonds is 8. The molecule has 10 heteroatoms. The van der Waals surface area contributed by atoms with Crippen LogP contribution in [0.25, 0.3) is 16.9 Å². The fraction of sp³-hybridized carbons (Fsp3) is 0.154. The predicted octanol–water partition coefficient (Wildman–Crippen LogP) is 4.07. The molecule has 0 amide bonds. The van der Waals surface area contributed by atoms with Gasteiger partial charge in [-0.15, -0.1) is 0 Å². The fourth-order valence-corrected chi connectivity index (χ4v) is 3.55. The lowest BCUT2D eigenvalue weighted by molar-refractivity contribution is 0.0549. The fourth-order valence-electron chi connectivity index (χ4n) is 3.55. The van der Waals surface area contributed by atoms with E-state index in [0.29, 0.717) is 22.8 Å². The molecule has 0 spiro atoms. The molecule has 0 aliphatic carbocycles. The minimum atomic E-state index is -0.767. The molecule has 0 aliphatic heterocycles. The Kier molecular flexibility index (Phi) is 7.15. The van der Waals surface area contributed by atoms with Crippen molar-refractivity contribution in [1.82, 2.24) is 9.78 Å². The van der Waals surface area contributed by atoms with E-state index >= 15 is 0 Å². The van der Waals surface area contributed by atoms with Crippen molar-refractivity contribution in [3.05, 3.63) is 89.5 Å². The number of methoxy groups -OCH3 is 3. The molecule has 0 aliphatic rings. The van der Waals surface area contributed by atoms with Crippen LogP contribution in [0.5, 0.6) is 5.75 Å². The minimum absolute atomic E-state index is 0.0230. The third kappa shape index (κ3) is 4.69. The molecule has 2 heterocycles. The van der Waals surface area contributed by atoms with Crippen LogP contribution in [0.1, 0.15) is 37.2 Å². The molecular weight excluding hydrogens is 468 g/mol. The first-order valence-corrected chi connectivity index (χ1v) is 10.7. The van der Waals surface area contributed by atoms with E-state index in [1.807, 2.05) is 6.07 Å². The Hall–Kier alpha value is -4.86. The molecule has 0 fully saturated rings. The number of carbonyl (C=O) groups excluding carboxylic acids is 3. The maximum atomic E-state index is 12.9.